The van der Waals surface area contributed by atoms with E-state index in [-0.39, 0.29) is 5.91 Å². The van der Waals surface area contributed by atoms with E-state index in [0.29, 0.717) is 23.0 Å². The smallest absolute Gasteiger partial charge is 0.289 e. The van der Waals surface area contributed by atoms with Crippen molar-refractivity contribution in [2.24, 2.45) is 5.10 Å². The molecular weight excluding hydrogens is 364 g/mol. The summed E-state index contributed by atoms with van der Waals surface area (Å²) in [6, 6.07) is 14.8. The Labute approximate surface area is 162 Å². The highest BCUT2D eigenvalue weighted by Gasteiger charge is 2.16. The summed E-state index contributed by atoms with van der Waals surface area (Å²) in [7, 11) is 0. The number of carbonyl (C=O) groups is 1. The Hall–Kier alpha value is -3.12. The van der Waals surface area contributed by atoms with Gasteiger partial charge in [-0.2, -0.15) is 10.2 Å². The highest BCUT2D eigenvalue weighted by atomic mass is 35.5. The lowest BCUT2D eigenvalue weighted by molar-refractivity contribution is 0.0949. The first-order valence-corrected chi connectivity index (χ1v) is 8.84. The van der Waals surface area contributed by atoms with E-state index in [1.165, 1.54) is 6.21 Å². The number of rotatable bonds is 6. The van der Waals surface area contributed by atoms with Crippen molar-refractivity contribution in [2.75, 3.05) is 6.61 Å². The molecule has 3 rings (SSSR count). The highest BCUT2D eigenvalue weighted by molar-refractivity contribution is 6.33. The molecule has 0 atom stereocenters. The monoisotopic (exact) mass is 382 g/mol. The van der Waals surface area contributed by atoms with Gasteiger partial charge in [0.15, 0.2) is 0 Å². The lowest BCUT2D eigenvalue weighted by atomic mass is 10.1. The van der Waals surface area contributed by atoms with Crippen molar-refractivity contribution in [2.45, 2.75) is 13.8 Å². The second-order valence-corrected chi connectivity index (χ2v) is 6.16. The van der Waals surface area contributed by atoms with Crippen molar-refractivity contribution in [3.63, 3.8) is 0 Å². The molecule has 1 heterocycles. The van der Waals surface area contributed by atoms with E-state index < -0.39 is 0 Å². The maximum absolute atomic E-state index is 12.4. The van der Waals surface area contributed by atoms with Gasteiger partial charge in [0.05, 0.1) is 18.5 Å². The molecule has 0 fully saturated rings. The second-order valence-electron chi connectivity index (χ2n) is 5.75. The maximum Gasteiger partial charge on any atom is 0.289 e. The summed E-state index contributed by atoms with van der Waals surface area (Å²) in [5, 5.41) is 11.6. The molecule has 0 saturated heterocycles. The van der Waals surface area contributed by atoms with Crippen LogP contribution in [0.15, 0.2) is 53.6 Å². The van der Waals surface area contributed by atoms with Crippen molar-refractivity contribution in [1.82, 2.24) is 15.6 Å². The van der Waals surface area contributed by atoms with Crippen LogP contribution in [0.1, 0.15) is 28.5 Å². The molecule has 1 aromatic heterocycles. The third kappa shape index (κ3) is 4.35. The fraction of sp³-hybridized carbons (Fsp3) is 0.150. The van der Waals surface area contributed by atoms with Crippen molar-refractivity contribution in [3.05, 3.63) is 70.4 Å². The summed E-state index contributed by atoms with van der Waals surface area (Å²) < 4.78 is 5.44. The van der Waals surface area contributed by atoms with E-state index >= 15 is 0 Å². The second kappa shape index (κ2) is 8.51. The molecule has 7 heteroatoms. The Balaban J connectivity index is 1.72. The molecule has 0 aliphatic heterocycles. The lowest BCUT2D eigenvalue weighted by Gasteiger charge is -2.04. The zero-order valence-corrected chi connectivity index (χ0v) is 15.7. The molecule has 0 bridgehead atoms. The predicted octanol–water partition coefficient (Wildman–Crippen LogP) is 4.20. The van der Waals surface area contributed by atoms with E-state index in [2.05, 4.69) is 20.7 Å². The van der Waals surface area contributed by atoms with Crippen molar-refractivity contribution in [3.8, 4) is 17.0 Å². The normalized spacial score (nSPS) is 10.9. The standard InChI is InChI=1S/C20H19ClN4O2/c1-3-27-16-10-8-14(9-11-16)18-13(2)19(24-23-18)20(26)25-22-12-15-6-4-5-7-17(15)21/h4-12H,3H2,1-2H3,(H,23,24)(H,25,26)/b22-12+. The molecule has 0 saturated carbocycles. The Kier molecular flexibility index (Phi) is 5.88. The molecule has 0 radical (unpaired) electrons. The van der Waals surface area contributed by atoms with Crippen LogP contribution in [0.4, 0.5) is 0 Å². The summed E-state index contributed by atoms with van der Waals surface area (Å²) in [6.45, 7) is 4.38. The fourth-order valence-electron chi connectivity index (χ4n) is 2.57. The van der Waals surface area contributed by atoms with Crippen molar-refractivity contribution in [1.29, 1.82) is 0 Å². The lowest BCUT2D eigenvalue weighted by Crippen LogP contribution is -2.19. The van der Waals surface area contributed by atoms with Gasteiger partial charge in [-0.1, -0.05) is 29.8 Å². The highest BCUT2D eigenvalue weighted by Crippen LogP contribution is 2.25. The van der Waals surface area contributed by atoms with E-state index in [1.807, 2.05) is 56.3 Å². The van der Waals surface area contributed by atoms with Gasteiger partial charge in [-0.3, -0.25) is 9.89 Å². The minimum absolute atomic E-state index is 0.357. The molecular formula is C20H19ClN4O2. The number of ether oxygens (including phenoxy) is 1. The molecule has 1 amide bonds. The first kappa shape index (κ1) is 18.7. The van der Waals surface area contributed by atoms with Gasteiger partial charge in [0.25, 0.3) is 5.91 Å². The van der Waals surface area contributed by atoms with Gasteiger partial charge in [-0.05, 0) is 44.2 Å². The van der Waals surface area contributed by atoms with Crippen LogP contribution < -0.4 is 10.2 Å². The van der Waals surface area contributed by atoms with Crippen molar-refractivity contribution >= 4 is 23.7 Å². The van der Waals surface area contributed by atoms with Gasteiger partial charge < -0.3 is 4.74 Å². The van der Waals surface area contributed by atoms with Gasteiger partial charge in [0, 0.05) is 21.7 Å². The quantitative estimate of drug-likeness (QED) is 0.495. The molecule has 2 aromatic carbocycles. The van der Waals surface area contributed by atoms with Gasteiger partial charge in [0.1, 0.15) is 11.4 Å². The summed E-state index contributed by atoms with van der Waals surface area (Å²) in [5.74, 6) is 0.418. The third-order valence-electron chi connectivity index (χ3n) is 3.95. The number of hydrogen-bond acceptors (Lipinski definition) is 4. The number of benzene rings is 2. The van der Waals surface area contributed by atoms with Crippen LogP contribution in [0.5, 0.6) is 5.75 Å². The summed E-state index contributed by atoms with van der Waals surface area (Å²) in [4.78, 5) is 12.4. The van der Waals surface area contributed by atoms with E-state index in [4.69, 9.17) is 16.3 Å². The van der Waals surface area contributed by atoms with Crippen LogP contribution in [0.2, 0.25) is 5.02 Å². The van der Waals surface area contributed by atoms with E-state index in [1.54, 1.807) is 6.07 Å². The number of carbonyl (C=O) groups excluding carboxylic acids is 1. The van der Waals surface area contributed by atoms with Crippen LogP contribution in [-0.2, 0) is 0 Å². The number of amides is 1. The molecule has 6 nitrogen and oxygen atoms in total. The minimum atomic E-state index is -0.375. The number of halogens is 1. The maximum atomic E-state index is 12.4. The number of H-pyrrole nitrogens is 1. The molecule has 27 heavy (non-hydrogen) atoms. The molecule has 3 aromatic rings. The summed E-state index contributed by atoms with van der Waals surface area (Å²) in [6.07, 6.45) is 1.50. The molecule has 0 spiro atoms. The molecule has 0 aliphatic carbocycles. The van der Waals surface area contributed by atoms with Crippen molar-refractivity contribution < 1.29 is 9.53 Å². The van der Waals surface area contributed by atoms with Crippen LogP contribution in [0.25, 0.3) is 11.3 Å². The zero-order chi connectivity index (χ0) is 19.2. The molecule has 0 unspecified atom stereocenters. The van der Waals surface area contributed by atoms with Gasteiger partial charge in [0.2, 0.25) is 0 Å². The minimum Gasteiger partial charge on any atom is -0.494 e. The van der Waals surface area contributed by atoms with E-state index in [9.17, 15) is 4.79 Å². The van der Waals surface area contributed by atoms with Crippen LogP contribution in [0, 0.1) is 6.92 Å². The molecule has 138 valence electrons. The number of hydrogen-bond donors (Lipinski definition) is 2. The number of hydrazone groups is 1. The van der Waals surface area contributed by atoms with Gasteiger partial charge in [-0.25, -0.2) is 5.43 Å². The van der Waals surface area contributed by atoms with Crippen LogP contribution in [0.3, 0.4) is 0 Å². The average molecular weight is 383 g/mol. The first-order chi connectivity index (χ1) is 13.1. The Morgan fingerprint density at radius 3 is 2.70 bits per heavy atom. The summed E-state index contributed by atoms with van der Waals surface area (Å²) >= 11 is 6.05. The number of nitrogens with zero attached hydrogens (tertiary/aromatic N) is 2. The zero-order valence-electron chi connectivity index (χ0n) is 15.0. The predicted molar refractivity (Wildman–Crippen MR) is 106 cm³/mol. The SMILES string of the molecule is CCOc1ccc(-c2n[nH]c(C(=O)N/N=C/c3ccccc3Cl)c2C)cc1. The molecule has 0 aliphatic rings. The molecule has 2 N–H and O–H groups in total. The Morgan fingerprint density at radius 2 is 2.00 bits per heavy atom. The number of aromatic amines is 1. The van der Waals surface area contributed by atoms with E-state index in [0.717, 1.165) is 22.4 Å². The van der Waals surface area contributed by atoms with Gasteiger partial charge >= 0.3 is 0 Å². The van der Waals surface area contributed by atoms with Crippen LogP contribution in [-0.4, -0.2) is 28.9 Å². The largest absolute Gasteiger partial charge is 0.494 e. The Morgan fingerprint density at radius 1 is 1.26 bits per heavy atom. The average Bonchev–Trinajstić information content (AvgIpc) is 3.06. The van der Waals surface area contributed by atoms with Gasteiger partial charge in [-0.15, -0.1) is 0 Å². The summed E-state index contributed by atoms with van der Waals surface area (Å²) in [5.41, 5.74) is 5.90. The number of aromatic nitrogens is 2. The Bertz CT molecular complexity index is 964. The van der Waals surface area contributed by atoms with Crippen LogP contribution >= 0.6 is 11.6 Å². The number of nitrogens with one attached hydrogen (secondary N) is 2. The topological polar surface area (TPSA) is 79.4 Å². The third-order valence-corrected chi connectivity index (χ3v) is 4.29. The first-order valence-electron chi connectivity index (χ1n) is 8.46. The fourth-order valence-corrected chi connectivity index (χ4v) is 2.76.